The van der Waals surface area contributed by atoms with Crippen LogP contribution >= 0.6 is 23.1 Å². The van der Waals surface area contributed by atoms with E-state index < -0.39 is 11.4 Å². The van der Waals surface area contributed by atoms with Gasteiger partial charge in [0.1, 0.15) is 23.1 Å². The second-order valence-corrected chi connectivity index (χ2v) is 17.4. The average Bonchev–Trinajstić information content (AvgIpc) is 3.74. The molecule has 0 atom stereocenters. The molecule has 0 saturated heterocycles. The Bertz CT molecular complexity index is 2110. The van der Waals surface area contributed by atoms with E-state index in [1.54, 1.807) is 24.6 Å². The van der Waals surface area contributed by atoms with E-state index >= 15 is 0 Å². The lowest BCUT2D eigenvalue weighted by atomic mass is 9.88. The lowest BCUT2D eigenvalue weighted by Crippen LogP contribution is -2.27. The Balaban J connectivity index is 1.34. The monoisotopic (exact) mass is 777 g/mol. The van der Waals surface area contributed by atoms with Crippen LogP contribution in [0.5, 0.6) is 11.5 Å². The number of rotatable bonds is 21. The first-order chi connectivity index (χ1) is 26.7. The Hall–Kier alpha value is -4.34. The van der Waals surface area contributed by atoms with Crippen molar-refractivity contribution in [2.45, 2.75) is 104 Å². The molecule has 6 rings (SSSR count). The summed E-state index contributed by atoms with van der Waals surface area (Å²) in [5.41, 5.74) is 5.21. The fourth-order valence-electron chi connectivity index (χ4n) is 7.18. The minimum atomic E-state index is -0.955. The number of thiazole rings is 1. The molecule has 3 heterocycles. The number of aliphatic carboxylic acids is 1. The minimum Gasteiger partial charge on any atom is -0.495 e. The number of pyridine rings is 1. The van der Waals surface area contributed by atoms with E-state index in [4.69, 9.17) is 14.5 Å². The Labute approximate surface area is 334 Å². The van der Waals surface area contributed by atoms with Gasteiger partial charge in [-0.1, -0.05) is 88.8 Å². The van der Waals surface area contributed by atoms with Crippen molar-refractivity contribution in [3.63, 3.8) is 0 Å². The molecule has 0 bridgehead atoms. The standard InChI is InChI=1S/C46H55N3O4S2/c1-6-8-13-32(14-9-7-2)15-12-26-54-44-37-27-35(53-31-43-48-39-16-10-11-17-42(39)55-43)23-25-40(37)49(41(44)28-46(3,4)45(50)51)30-33-18-20-34(21-19-33)38-24-22-36(52-5)29-47-38/h10-11,16-25,27,29,32H,6-9,12-15,26,28,30-31H2,1-5H3,(H,50,51). The van der Waals surface area contributed by atoms with Gasteiger partial charge in [-0.25, -0.2) is 4.98 Å². The molecule has 1 N–H and O–H groups in total. The fraction of sp³-hybridized carbons (Fsp3) is 0.413. The molecule has 0 radical (unpaired) electrons. The molecule has 290 valence electrons. The molecule has 3 aromatic heterocycles. The van der Waals surface area contributed by atoms with Gasteiger partial charge in [-0.15, -0.1) is 23.1 Å². The minimum absolute atomic E-state index is 0.388. The number of hydrogen-bond donors (Lipinski definition) is 1. The summed E-state index contributed by atoms with van der Waals surface area (Å²) in [6.45, 7) is 9.24. The van der Waals surface area contributed by atoms with Crippen molar-refractivity contribution < 1.29 is 19.4 Å². The van der Waals surface area contributed by atoms with Gasteiger partial charge in [0.25, 0.3) is 0 Å². The van der Waals surface area contributed by atoms with Crippen LogP contribution in [0.1, 0.15) is 95.3 Å². The predicted octanol–water partition coefficient (Wildman–Crippen LogP) is 12.5. The third-order valence-electron chi connectivity index (χ3n) is 10.5. The number of carboxylic acids is 1. The van der Waals surface area contributed by atoms with Crippen molar-refractivity contribution in [1.29, 1.82) is 0 Å². The predicted molar refractivity (Wildman–Crippen MR) is 229 cm³/mol. The molecular formula is C46H55N3O4S2. The summed E-state index contributed by atoms with van der Waals surface area (Å²) >= 11 is 3.54. The van der Waals surface area contributed by atoms with Crippen LogP contribution < -0.4 is 9.47 Å². The summed E-state index contributed by atoms with van der Waals surface area (Å²) in [6.07, 6.45) is 12.2. The van der Waals surface area contributed by atoms with Gasteiger partial charge in [-0.2, -0.15) is 0 Å². The summed E-state index contributed by atoms with van der Waals surface area (Å²) in [6, 6.07) is 26.9. The molecule has 0 unspecified atom stereocenters. The van der Waals surface area contributed by atoms with Crippen molar-refractivity contribution in [2.75, 3.05) is 12.9 Å². The molecule has 0 saturated carbocycles. The highest BCUT2D eigenvalue weighted by atomic mass is 32.2. The smallest absolute Gasteiger partial charge is 0.309 e. The van der Waals surface area contributed by atoms with Gasteiger partial charge < -0.3 is 19.1 Å². The normalized spacial score (nSPS) is 11.9. The highest BCUT2D eigenvalue weighted by Gasteiger charge is 2.32. The largest absolute Gasteiger partial charge is 0.495 e. The van der Waals surface area contributed by atoms with Crippen molar-refractivity contribution in [3.8, 4) is 22.8 Å². The summed E-state index contributed by atoms with van der Waals surface area (Å²) in [5, 5.41) is 12.4. The lowest BCUT2D eigenvalue weighted by Gasteiger charge is -2.22. The van der Waals surface area contributed by atoms with Crippen molar-refractivity contribution in [1.82, 2.24) is 14.5 Å². The highest BCUT2D eigenvalue weighted by Crippen LogP contribution is 2.41. The lowest BCUT2D eigenvalue weighted by molar-refractivity contribution is -0.146. The molecule has 55 heavy (non-hydrogen) atoms. The summed E-state index contributed by atoms with van der Waals surface area (Å²) in [4.78, 5) is 23.1. The van der Waals surface area contributed by atoms with Crippen molar-refractivity contribution in [3.05, 3.63) is 101 Å². The first-order valence-corrected chi connectivity index (χ1v) is 21.6. The maximum absolute atomic E-state index is 12.6. The summed E-state index contributed by atoms with van der Waals surface area (Å²) in [5.74, 6) is 2.46. The zero-order valence-corrected chi connectivity index (χ0v) is 34.6. The maximum Gasteiger partial charge on any atom is 0.309 e. The molecule has 0 aliphatic rings. The van der Waals surface area contributed by atoms with Crippen LogP contribution in [0, 0.1) is 11.3 Å². The average molecular weight is 778 g/mol. The number of unbranched alkanes of at least 4 members (excludes halogenated alkanes) is 2. The molecule has 9 heteroatoms. The van der Waals surface area contributed by atoms with Gasteiger partial charge in [0.05, 0.1) is 34.6 Å². The Morgan fingerprint density at radius 1 is 0.927 bits per heavy atom. The van der Waals surface area contributed by atoms with E-state index in [2.05, 4.69) is 65.9 Å². The first kappa shape index (κ1) is 40.3. The molecular weight excluding hydrogens is 723 g/mol. The zero-order valence-electron chi connectivity index (χ0n) is 33.0. The van der Waals surface area contributed by atoms with Gasteiger partial charge in [-0.3, -0.25) is 9.78 Å². The number of carbonyl (C=O) groups is 1. The number of nitrogens with zero attached hydrogens (tertiary/aromatic N) is 3. The number of carboxylic acid groups (broad SMARTS) is 1. The SMILES string of the molecule is CCCCC(CCCC)CCCSc1c(CC(C)(C)C(=O)O)n(Cc2ccc(-c3ccc(OC)cn3)cc2)c2ccc(OCc3nc4ccccc4s3)cc12. The molecule has 3 aromatic carbocycles. The van der Waals surface area contributed by atoms with Crippen LogP contribution in [-0.2, 0) is 24.4 Å². The van der Waals surface area contributed by atoms with E-state index in [1.807, 2.05) is 62.0 Å². The summed E-state index contributed by atoms with van der Waals surface area (Å²) < 4.78 is 15.2. The van der Waals surface area contributed by atoms with Crippen LogP contribution in [0.4, 0.5) is 0 Å². The van der Waals surface area contributed by atoms with Crippen LogP contribution in [0.2, 0.25) is 0 Å². The van der Waals surface area contributed by atoms with E-state index in [0.717, 1.165) is 83.1 Å². The third-order valence-corrected chi connectivity index (χ3v) is 12.7. The van der Waals surface area contributed by atoms with E-state index in [-0.39, 0.29) is 0 Å². The Morgan fingerprint density at radius 3 is 2.33 bits per heavy atom. The van der Waals surface area contributed by atoms with E-state index in [9.17, 15) is 9.90 Å². The molecule has 0 aliphatic heterocycles. The second kappa shape index (κ2) is 19.0. The van der Waals surface area contributed by atoms with Gasteiger partial charge >= 0.3 is 5.97 Å². The van der Waals surface area contributed by atoms with Crippen LogP contribution in [0.3, 0.4) is 0 Å². The van der Waals surface area contributed by atoms with Crippen LogP contribution in [0.25, 0.3) is 32.4 Å². The van der Waals surface area contributed by atoms with E-state index in [1.165, 1.54) is 44.9 Å². The topological polar surface area (TPSA) is 86.5 Å². The van der Waals surface area contributed by atoms with Gasteiger partial charge in [-0.05, 0) is 86.4 Å². The summed E-state index contributed by atoms with van der Waals surface area (Å²) in [7, 11) is 1.64. The molecule has 0 spiro atoms. The highest BCUT2D eigenvalue weighted by molar-refractivity contribution is 7.99. The van der Waals surface area contributed by atoms with E-state index in [0.29, 0.717) is 19.6 Å². The van der Waals surface area contributed by atoms with Crippen LogP contribution in [0.15, 0.2) is 90.0 Å². The number of aromatic nitrogens is 3. The van der Waals surface area contributed by atoms with Gasteiger partial charge in [0, 0.05) is 40.0 Å². The Morgan fingerprint density at radius 2 is 1.65 bits per heavy atom. The second-order valence-electron chi connectivity index (χ2n) is 15.2. The third kappa shape index (κ3) is 10.3. The van der Waals surface area contributed by atoms with Gasteiger partial charge in [0.15, 0.2) is 0 Å². The number of para-hydroxylation sites is 1. The number of fused-ring (bicyclic) bond motifs is 2. The quantitative estimate of drug-likeness (QED) is 0.0575. The molecule has 0 aliphatic carbocycles. The number of hydrogen-bond acceptors (Lipinski definition) is 7. The first-order valence-electron chi connectivity index (χ1n) is 19.8. The number of methoxy groups -OCH3 is 1. The number of thioether (sulfide) groups is 1. The Kier molecular flexibility index (Phi) is 13.9. The number of benzene rings is 3. The molecule has 0 amide bonds. The van der Waals surface area contributed by atoms with Crippen molar-refractivity contribution in [2.24, 2.45) is 11.3 Å². The van der Waals surface area contributed by atoms with Gasteiger partial charge in [0.2, 0.25) is 0 Å². The maximum atomic E-state index is 12.6. The number of ether oxygens (including phenoxy) is 2. The van der Waals surface area contributed by atoms with Crippen molar-refractivity contribution >= 4 is 50.2 Å². The van der Waals surface area contributed by atoms with Crippen LogP contribution in [-0.4, -0.2) is 38.5 Å². The fourth-order valence-corrected chi connectivity index (χ4v) is 9.25. The molecule has 6 aromatic rings. The molecule has 0 fully saturated rings. The molecule has 7 nitrogen and oxygen atoms in total. The zero-order chi connectivity index (χ0) is 38.8.